The second kappa shape index (κ2) is 9.59. The molecule has 0 fully saturated rings. The van der Waals surface area contributed by atoms with Gasteiger partial charge in [0.25, 0.3) is 5.91 Å². The van der Waals surface area contributed by atoms with Crippen molar-refractivity contribution in [3.63, 3.8) is 0 Å². The molecule has 0 radical (unpaired) electrons. The zero-order valence-electron chi connectivity index (χ0n) is 17.4. The Morgan fingerprint density at radius 3 is 2.30 bits per heavy atom. The van der Waals surface area contributed by atoms with Gasteiger partial charge >= 0.3 is 0 Å². The number of sulfonamides is 1. The van der Waals surface area contributed by atoms with Gasteiger partial charge in [-0.05, 0) is 44.5 Å². The molecule has 0 spiro atoms. The monoisotopic (exact) mass is 451 g/mol. The van der Waals surface area contributed by atoms with E-state index in [-0.39, 0.29) is 34.5 Å². The van der Waals surface area contributed by atoms with Gasteiger partial charge in [0.2, 0.25) is 15.9 Å². The average Bonchev–Trinajstić information content (AvgIpc) is 2.65. The van der Waals surface area contributed by atoms with Crippen LogP contribution >= 0.6 is 11.6 Å². The van der Waals surface area contributed by atoms with Crippen LogP contribution in [-0.2, 0) is 21.4 Å². The second-order valence-electron chi connectivity index (χ2n) is 7.91. The van der Waals surface area contributed by atoms with Crippen molar-refractivity contribution < 1.29 is 18.0 Å². The van der Waals surface area contributed by atoms with Gasteiger partial charge in [-0.15, -0.1) is 0 Å². The first-order chi connectivity index (χ1) is 13.9. The van der Waals surface area contributed by atoms with Crippen molar-refractivity contribution in [3.05, 3.63) is 64.7 Å². The molecule has 2 amide bonds. The lowest BCUT2D eigenvalue weighted by molar-refractivity contribution is -0.122. The quantitative estimate of drug-likeness (QED) is 0.676. The molecule has 30 heavy (non-hydrogen) atoms. The highest BCUT2D eigenvalue weighted by Gasteiger charge is 2.23. The highest BCUT2D eigenvalue weighted by molar-refractivity contribution is 7.89. The third-order valence-corrected chi connectivity index (χ3v) is 5.90. The fourth-order valence-electron chi connectivity index (χ4n) is 2.66. The van der Waals surface area contributed by atoms with Gasteiger partial charge in [0.1, 0.15) is 4.90 Å². The molecule has 9 heteroatoms. The van der Waals surface area contributed by atoms with Crippen molar-refractivity contribution in [1.29, 1.82) is 0 Å². The second-order valence-corrected chi connectivity index (χ2v) is 10.1. The zero-order valence-corrected chi connectivity index (χ0v) is 19.0. The minimum atomic E-state index is -3.95. The first-order valence-electron chi connectivity index (χ1n) is 9.29. The number of benzene rings is 2. The number of halogens is 1. The van der Waals surface area contributed by atoms with E-state index in [2.05, 4.69) is 10.0 Å². The predicted molar refractivity (Wildman–Crippen MR) is 117 cm³/mol. The summed E-state index contributed by atoms with van der Waals surface area (Å²) < 4.78 is 27.9. The summed E-state index contributed by atoms with van der Waals surface area (Å²) in [5, 5.41) is 2.77. The normalized spacial score (nSPS) is 11.8. The van der Waals surface area contributed by atoms with E-state index in [1.54, 1.807) is 12.1 Å². The van der Waals surface area contributed by atoms with Crippen molar-refractivity contribution in [2.24, 2.45) is 0 Å². The van der Waals surface area contributed by atoms with Gasteiger partial charge in [0.05, 0.1) is 11.6 Å². The molecule has 0 saturated carbocycles. The van der Waals surface area contributed by atoms with E-state index in [4.69, 9.17) is 11.6 Å². The summed E-state index contributed by atoms with van der Waals surface area (Å²) in [5.41, 5.74) is 0.479. The third kappa shape index (κ3) is 6.83. The summed E-state index contributed by atoms with van der Waals surface area (Å²) in [5.74, 6) is -0.806. The van der Waals surface area contributed by atoms with Gasteiger partial charge in [-0.2, -0.15) is 0 Å². The van der Waals surface area contributed by atoms with E-state index in [1.165, 1.54) is 30.1 Å². The number of likely N-dealkylation sites (N-methyl/N-ethyl adjacent to an activating group) is 1. The lowest BCUT2D eigenvalue weighted by Gasteiger charge is -2.23. The van der Waals surface area contributed by atoms with Gasteiger partial charge in [0, 0.05) is 24.7 Å². The Morgan fingerprint density at radius 1 is 1.07 bits per heavy atom. The minimum absolute atomic E-state index is 0.000223. The van der Waals surface area contributed by atoms with Crippen molar-refractivity contribution >= 4 is 33.4 Å². The molecule has 2 aromatic rings. The van der Waals surface area contributed by atoms with Crippen LogP contribution in [0.3, 0.4) is 0 Å². The summed E-state index contributed by atoms with van der Waals surface area (Å²) in [4.78, 5) is 25.8. The number of carbonyl (C=O) groups excluding carboxylic acids is 2. The van der Waals surface area contributed by atoms with Crippen molar-refractivity contribution in [2.45, 2.75) is 37.8 Å². The number of carbonyl (C=O) groups is 2. The van der Waals surface area contributed by atoms with Gasteiger partial charge < -0.3 is 10.2 Å². The third-order valence-electron chi connectivity index (χ3n) is 4.02. The Kier molecular flexibility index (Phi) is 7.63. The molecule has 0 atom stereocenters. The van der Waals surface area contributed by atoms with E-state index in [9.17, 15) is 18.0 Å². The molecule has 0 heterocycles. The van der Waals surface area contributed by atoms with Crippen molar-refractivity contribution in [2.75, 3.05) is 13.6 Å². The topological polar surface area (TPSA) is 95.6 Å². The van der Waals surface area contributed by atoms with Gasteiger partial charge in [0.15, 0.2) is 0 Å². The average molecular weight is 452 g/mol. The molecule has 0 bridgehead atoms. The van der Waals surface area contributed by atoms with Crippen molar-refractivity contribution in [1.82, 2.24) is 14.9 Å². The van der Waals surface area contributed by atoms with Crippen LogP contribution in [0.15, 0.2) is 53.4 Å². The van der Waals surface area contributed by atoms with Crippen LogP contribution in [0.5, 0.6) is 0 Å². The van der Waals surface area contributed by atoms with Crippen LogP contribution < -0.4 is 10.0 Å². The molecule has 0 saturated heterocycles. The Morgan fingerprint density at radius 2 is 1.70 bits per heavy atom. The molecule has 2 rings (SSSR count). The molecule has 0 aliphatic heterocycles. The summed E-state index contributed by atoms with van der Waals surface area (Å²) in [6.45, 7) is 5.44. The molecule has 2 aromatic carbocycles. The van der Waals surface area contributed by atoms with Gasteiger partial charge in [-0.1, -0.05) is 41.9 Å². The molecule has 0 unspecified atom stereocenters. The Bertz CT molecular complexity index is 1020. The standard InChI is InChI=1S/C21H26ClN3O4S/c1-21(2,3)24-19(26)14-25(4)20(27)16-10-11-17(22)18(12-16)30(28,29)23-13-15-8-6-5-7-9-15/h5-12,23H,13-14H2,1-4H3,(H,24,26). The summed E-state index contributed by atoms with van der Waals surface area (Å²) in [6, 6.07) is 13.0. The van der Waals surface area contributed by atoms with Crippen LogP contribution in [0.4, 0.5) is 0 Å². The maximum absolute atomic E-state index is 12.7. The Balaban J connectivity index is 2.17. The maximum atomic E-state index is 12.7. The lowest BCUT2D eigenvalue weighted by Crippen LogP contribution is -2.46. The molecule has 7 nitrogen and oxygen atoms in total. The Labute approximate surface area is 182 Å². The summed E-state index contributed by atoms with van der Waals surface area (Å²) in [6.07, 6.45) is 0. The van der Waals surface area contributed by atoms with Gasteiger partial charge in [-0.25, -0.2) is 13.1 Å². The van der Waals surface area contributed by atoms with Crippen LogP contribution in [0.1, 0.15) is 36.7 Å². The Hall–Kier alpha value is -2.42. The van der Waals surface area contributed by atoms with Crippen molar-refractivity contribution in [3.8, 4) is 0 Å². The minimum Gasteiger partial charge on any atom is -0.350 e. The molecule has 0 aliphatic carbocycles. The first-order valence-corrected chi connectivity index (χ1v) is 11.1. The molecular weight excluding hydrogens is 426 g/mol. The van der Waals surface area contributed by atoms with E-state index in [1.807, 2.05) is 39.0 Å². The fraction of sp³-hybridized carbons (Fsp3) is 0.333. The van der Waals surface area contributed by atoms with Gasteiger partial charge in [-0.3, -0.25) is 9.59 Å². The number of amides is 2. The molecule has 162 valence electrons. The largest absolute Gasteiger partial charge is 0.350 e. The first kappa shape index (κ1) is 23.9. The highest BCUT2D eigenvalue weighted by atomic mass is 35.5. The fourth-order valence-corrected chi connectivity index (χ4v) is 4.20. The summed E-state index contributed by atoms with van der Waals surface area (Å²) in [7, 11) is -2.48. The molecule has 0 aliphatic rings. The zero-order chi connectivity index (χ0) is 22.5. The SMILES string of the molecule is CN(CC(=O)NC(C)(C)C)C(=O)c1ccc(Cl)c(S(=O)(=O)NCc2ccccc2)c1. The molecular formula is C21H26ClN3O4S. The highest BCUT2D eigenvalue weighted by Crippen LogP contribution is 2.23. The lowest BCUT2D eigenvalue weighted by atomic mass is 10.1. The van der Waals surface area contributed by atoms with Crippen LogP contribution in [0, 0.1) is 0 Å². The molecule has 2 N–H and O–H groups in total. The van der Waals surface area contributed by atoms with E-state index < -0.39 is 21.5 Å². The smallest absolute Gasteiger partial charge is 0.254 e. The van der Waals surface area contributed by atoms with E-state index in [0.29, 0.717) is 0 Å². The van der Waals surface area contributed by atoms with Crippen LogP contribution in [0.2, 0.25) is 5.02 Å². The number of nitrogens with one attached hydrogen (secondary N) is 2. The van der Waals surface area contributed by atoms with Crippen LogP contribution in [0.25, 0.3) is 0 Å². The number of rotatable bonds is 7. The molecule has 0 aromatic heterocycles. The number of nitrogens with zero attached hydrogens (tertiary/aromatic N) is 1. The number of hydrogen-bond acceptors (Lipinski definition) is 4. The van der Waals surface area contributed by atoms with Crippen LogP contribution in [-0.4, -0.2) is 44.3 Å². The maximum Gasteiger partial charge on any atom is 0.254 e. The van der Waals surface area contributed by atoms with E-state index >= 15 is 0 Å². The predicted octanol–water partition coefficient (Wildman–Crippen LogP) is 2.81. The van der Waals surface area contributed by atoms with E-state index in [0.717, 1.165) is 5.56 Å². The summed E-state index contributed by atoms with van der Waals surface area (Å²) >= 11 is 6.10. The number of hydrogen-bond donors (Lipinski definition) is 2.